The van der Waals surface area contributed by atoms with E-state index in [4.69, 9.17) is 9.47 Å². The molecule has 5 heteroatoms. The third-order valence-electron chi connectivity index (χ3n) is 13.3. The minimum atomic E-state index is -1.08. The lowest BCUT2D eigenvalue weighted by molar-refractivity contribution is -0.295. The lowest BCUT2D eigenvalue weighted by Gasteiger charge is -2.58. The van der Waals surface area contributed by atoms with E-state index >= 15 is 0 Å². The second-order valence-electron chi connectivity index (χ2n) is 15.6. The van der Waals surface area contributed by atoms with Crippen molar-refractivity contribution in [3.8, 4) is 0 Å². The van der Waals surface area contributed by atoms with Crippen molar-refractivity contribution >= 4 is 0 Å². The van der Waals surface area contributed by atoms with Crippen LogP contribution in [0.15, 0.2) is 23.8 Å². The van der Waals surface area contributed by atoms with Gasteiger partial charge in [-0.2, -0.15) is 0 Å². The highest BCUT2D eigenvalue weighted by Gasteiger charge is 2.59. The Morgan fingerprint density at radius 2 is 1.78 bits per heavy atom. The van der Waals surface area contributed by atoms with Gasteiger partial charge in [0.05, 0.1) is 18.8 Å². The highest BCUT2D eigenvalue weighted by molar-refractivity contribution is 5.25. The third kappa shape index (κ3) is 5.65. The Hall–Kier alpha value is -0.720. The summed E-state index contributed by atoms with van der Waals surface area (Å²) in [4.78, 5) is 0. The largest absolute Gasteiger partial charge is 0.394 e. The van der Waals surface area contributed by atoms with E-state index in [0.29, 0.717) is 23.2 Å². The molecule has 0 amide bonds. The molecule has 14 atom stereocenters. The first-order valence-electron chi connectivity index (χ1n) is 17.1. The quantitative estimate of drug-likeness (QED) is 0.276. The molecule has 0 aromatic heterocycles. The zero-order valence-electron chi connectivity index (χ0n) is 27.0. The van der Waals surface area contributed by atoms with Crippen molar-refractivity contribution in [3.63, 3.8) is 0 Å². The Labute approximate surface area is 250 Å². The van der Waals surface area contributed by atoms with Crippen LogP contribution in [-0.2, 0) is 9.47 Å². The van der Waals surface area contributed by atoms with Crippen LogP contribution in [0.2, 0.25) is 0 Å². The normalized spacial score (nSPS) is 47.9. The number of allylic oxidation sites excluding steroid dienone is 3. The molecule has 3 N–H and O–H groups in total. The third-order valence-corrected chi connectivity index (χ3v) is 13.3. The molecule has 1 heterocycles. The number of hydrogen-bond donors (Lipinski definition) is 3. The molecule has 234 valence electrons. The van der Waals surface area contributed by atoms with Crippen molar-refractivity contribution < 1.29 is 24.8 Å². The first-order chi connectivity index (χ1) is 19.4. The van der Waals surface area contributed by atoms with Gasteiger partial charge in [0.1, 0.15) is 12.2 Å². The van der Waals surface area contributed by atoms with Gasteiger partial charge in [-0.15, -0.1) is 0 Å². The lowest BCUT2D eigenvalue weighted by Crippen LogP contribution is -2.56. The van der Waals surface area contributed by atoms with Gasteiger partial charge in [-0.25, -0.2) is 0 Å². The summed E-state index contributed by atoms with van der Waals surface area (Å²) < 4.78 is 12.4. The van der Waals surface area contributed by atoms with E-state index < -0.39 is 24.6 Å². The van der Waals surface area contributed by atoms with Gasteiger partial charge in [0, 0.05) is 5.92 Å². The minimum absolute atomic E-state index is 0.0512. The molecular weight excluding hydrogens is 512 g/mol. The standard InChI is InChI=1S/C36H60O5/c1-8-24(21(2)3)10-9-22(4)28-13-14-29-27-12-11-25-19-26(15-17-35(25,6)30(27)16-18-36(28,29)7)40-34-23(5)32(38)33(39)31(20-37)41-34/h9-11,21-24,26-34,37-39H,8,12-20H2,1-7H3. The van der Waals surface area contributed by atoms with Crippen LogP contribution < -0.4 is 0 Å². The van der Waals surface area contributed by atoms with Crippen LogP contribution in [0.5, 0.6) is 0 Å². The summed E-state index contributed by atoms with van der Waals surface area (Å²) in [7, 11) is 0. The van der Waals surface area contributed by atoms with Crippen LogP contribution in [0.3, 0.4) is 0 Å². The summed E-state index contributed by atoms with van der Waals surface area (Å²) in [5.41, 5.74) is 2.28. The maximum absolute atomic E-state index is 10.5. The van der Waals surface area contributed by atoms with Gasteiger partial charge in [-0.3, -0.25) is 0 Å². The topological polar surface area (TPSA) is 79.2 Å². The van der Waals surface area contributed by atoms with E-state index in [1.807, 2.05) is 6.92 Å². The average Bonchev–Trinajstić information content (AvgIpc) is 3.30. The molecule has 0 bridgehead atoms. The number of rotatable bonds is 8. The van der Waals surface area contributed by atoms with Gasteiger partial charge in [0.15, 0.2) is 6.29 Å². The zero-order chi connectivity index (χ0) is 29.7. The number of hydrogen-bond acceptors (Lipinski definition) is 5. The molecule has 4 fully saturated rings. The van der Waals surface area contributed by atoms with Crippen LogP contribution in [0.4, 0.5) is 0 Å². The summed E-state index contributed by atoms with van der Waals surface area (Å²) in [5, 5.41) is 30.4. The van der Waals surface area contributed by atoms with E-state index in [2.05, 4.69) is 59.8 Å². The van der Waals surface area contributed by atoms with Crippen LogP contribution in [0.1, 0.15) is 106 Å². The fourth-order valence-corrected chi connectivity index (χ4v) is 10.5. The molecule has 5 nitrogen and oxygen atoms in total. The molecule has 0 radical (unpaired) electrons. The highest BCUT2D eigenvalue weighted by atomic mass is 16.7. The Morgan fingerprint density at radius 3 is 2.46 bits per heavy atom. The van der Waals surface area contributed by atoms with Crippen molar-refractivity contribution in [2.24, 2.45) is 58.2 Å². The molecule has 41 heavy (non-hydrogen) atoms. The number of aliphatic hydroxyl groups is 3. The van der Waals surface area contributed by atoms with Crippen molar-refractivity contribution in [2.45, 2.75) is 137 Å². The molecule has 5 rings (SSSR count). The molecule has 4 aliphatic carbocycles. The first-order valence-corrected chi connectivity index (χ1v) is 17.1. The zero-order valence-corrected chi connectivity index (χ0v) is 27.0. The summed E-state index contributed by atoms with van der Waals surface area (Å²) >= 11 is 0. The predicted molar refractivity (Wildman–Crippen MR) is 164 cm³/mol. The van der Waals surface area contributed by atoms with Gasteiger partial charge in [-0.1, -0.05) is 72.3 Å². The maximum Gasteiger partial charge on any atom is 0.163 e. The van der Waals surface area contributed by atoms with Crippen LogP contribution in [-0.4, -0.2) is 52.6 Å². The molecule has 0 aromatic rings. The minimum Gasteiger partial charge on any atom is -0.394 e. The van der Waals surface area contributed by atoms with E-state index in [-0.39, 0.29) is 24.0 Å². The second kappa shape index (κ2) is 12.3. The molecular formula is C36H60O5. The number of ether oxygens (including phenoxy) is 2. The maximum atomic E-state index is 10.5. The van der Waals surface area contributed by atoms with E-state index in [1.54, 1.807) is 5.57 Å². The van der Waals surface area contributed by atoms with Crippen LogP contribution >= 0.6 is 0 Å². The molecule has 0 spiro atoms. The number of fused-ring (bicyclic) bond motifs is 5. The SMILES string of the molecule is CCC(C=CC(C)C1CCC2C3CC=C4CC(OC5OC(CO)C(O)C(O)C5C)CCC4(C)C3CCC12C)C(C)C. The van der Waals surface area contributed by atoms with Crippen molar-refractivity contribution in [3.05, 3.63) is 23.8 Å². The summed E-state index contributed by atoms with van der Waals surface area (Å²) in [5.74, 6) is 4.91. The van der Waals surface area contributed by atoms with Crippen molar-refractivity contribution in [1.82, 2.24) is 0 Å². The smallest absolute Gasteiger partial charge is 0.163 e. The van der Waals surface area contributed by atoms with E-state index in [1.165, 1.54) is 38.5 Å². The van der Waals surface area contributed by atoms with E-state index in [9.17, 15) is 15.3 Å². The Kier molecular flexibility index (Phi) is 9.54. The molecule has 1 saturated heterocycles. The fraction of sp³-hybridized carbons (Fsp3) is 0.889. The van der Waals surface area contributed by atoms with Gasteiger partial charge in [0.2, 0.25) is 0 Å². The molecule has 1 aliphatic heterocycles. The Morgan fingerprint density at radius 1 is 1.02 bits per heavy atom. The van der Waals surface area contributed by atoms with Crippen LogP contribution in [0, 0.1) is 58.2 Å². The van der Waals surface area contributed by atoms with Gasteiger partial charge in [-0.05, 0) is 110 Å². The van der Waals surface area contributed by atoms with Gasteiger partial charge >= 0.3 is 0 Å². The predicted octanol–water partition coefficient (Wildman–Crippen LogP) is 6.90. The summed E-state index contributed by atoms with van der Waals surface area (Å²) in [6, 6.07) is 0. The first kappa shape index (κ1) is 31.7. The molecule has 5 aliphatic rings. The molecule has 14 unspecified atom stereocenters. The van der Waals surface area contributed by atoms with Crippen LogP contribution in [0.25, 0.3) is 0 Å². The lowest BCUT2D eigenvalue weighted by atomic mass is 9.47. The summed E-state index contributed by atoms with van der Waals surface area (Å²) in [6.45, 7) is 16.3. The monoisotopic (exact) mass is 572 g/mol. The highest BCUT2D eigenvalue weighted by Crippen LogP contribution is 2.67. The van der Waals surface area contributed by atoms with Crippen molar-refractivity contribution in [1.29, 1.82) is 0 Å². The summed E-state index contributed by atoms with van der Waals surface area (Å²) in [6.07, 6.45) is 15.3. The fourth-order valence-electron chi connectivity index (χ4n) is 10.5. The van der Waals surface area contributed by atoms with Gasteiger partial charge < -0.3 is 24.8 Å². The van der Waals surface area contributed by atoms with E-state index in [0.717, 1.165) is 42.9 Å². The average molecular weight is 573 g/mol. The second-order valence-corrected chi connectivity index (χ2v) is 15.6. The molecule has 3 saturated carbocycles. The number of aliphatic hydroxyl groups excluding tert-OH is 3. The Balaban J connectivity index is 1.26. The van der Waals surface area contributed by atoms with Crippen molar-refractivity contribution in [2.75, 3.05) is 6.61 Å². The molecule has 0 aromatic carbocycles. The van der Waals surface area contributed by atoms with Gasteiger partial charge in [0.25, 0.3) is 0 Å². The Bertz CT molecular complexity index is 958.